The van der Waals surface area contributed by atoms with Gasteiger partial charge in [0.05, 0.1) is 0 Å². The van der Waals surface area contributed by atoms with Crippen LogP contribution in [0.5, 0.6) is 0 Å². The van der Waals surface area contributed by atoms with Gasteiger partial charge in [0, 0.05) is 18.5 Å². The summed E-state index contributed by atoms with van der Waals surface area (Å²) in [5.41, 5.74) is 0. The Hall–Kier alpha value is -0.830. The van der Waals surface area contributed by atoms with Crippen LogP contribution in [-0.2, 0) is 0 Å². The van der Waals surface area contributed by atoms with E-state index in [0.29, 0.717) is 11.1 Å². The van der Waals surface area contributed by atoms with Crippen LogP contribution in [0.1, 0.15) is 64.6 Å². The third-order valence-corrected chi connectivity index (χ3v) is 4.33. The number of halogens is 1. The molecular formula is C16H26ClN3. The van der Waals surface area contributed by atoms with Crippen molar-refractivity contribution >= 4 is 17.4 Å². The molecule has 0 aromatic carbocycles. The summed E-state index contributed by atoms with van der Waals surface area (Å²) in [6.45, 7) is 7.51. The topological polar surface area (TPSA) is 37.8 Å². The lowest BCUT2D eigenvalue weighted by Crippen LogP contribution is -2.17. The molecule has 2 rings (SSSR count). The van der Waals surface area contributed by atoms with Crippen molar-refractivity contribution in [3.8, 4) is 0 Å². The zero-order valence-electron chi connectivity index (χ0n) is 12.8. The van der Waals surface area contributed by atoms with Gasteiger partial charge in [-0.1, -0.05) is 51.6 Å². The van der Waals surface area contributed by atoms with E-state index in [1.54, 1.807) is 0 Å². The van der Waals surface area contributed by atoms with Gasteiger partial charge < -0.3 is 5.32 Å². The molecule has 1 aliphatic rings. The number of nitrogens with zero attached hydrogens (tertiary/aromatic N) is 2. The Morgan fingerprint density at radius 1 is 1.35 bits per heavy atom. The number of anilines is 1. The van der Waals surface area contributed by atoms with Crippen molar-refractivity contribution in [2.45, 2.75) is 58.8 Å². The lowest BCUT2D eigenvalue weighted by molar-refractivity contribution is 0.274. The molecule has 1 saturated carbocycles. The van der Waals surface area contributed by atoms with E-state index in [4.69, 9.17) is 11.6 Å². The van der Waals surface area contributed by atoms with Crippen LogP contribution >= 0.6 is 11.6 Å². The maximum absolute atomic E-state index is 6.05. The SMILES string of the molecule is CC1CCCC(CCNc2cc(Cl)nc(C(C)C)n2)C1. The smallest absolute Gasteiger partial charge is 0.135 e. The van der Waals surface area contributed by atoms with Gasteiger partial charge in [-0.05, 0) is 24.7 Å². The molecule has 0 saturated heterocycles. The molecule has 0 radical (unpaired) electrons. The van der Waals surface area contributed by atoms with Gasteiger partial charge in [-0.3, -0.25) is 0 Å². The molecule has 1 N–H and O–H groups in total. The normalized spacial score (nSPS) is 23.1. The first-order chi connectivity index (χ1) is 9.54. The molecule has 112 valence electrons. The molecule has 1 aromatic heterocycles. The maximum atomic E-state index is 6.05. The van der Waals surface area contributed by atoms with Crippen LogP contribution in [0, 0.1) is 11.8 Å². The summed E-state index contributed by atoms with van der Waals surface area (Å²) >= 11 is 6.05. The molecule has 0 bridgehead atoms. The molecule has 2 unspecified atom stereocenters. The second-order valence-corrected chi connectivity index (χ2v) is 6.83. The molecule has 1 fully saturated rings. The fraction of sp³-hybridized carbons (Fsp3) is 0.750. The van der Waals surface area contributed by atoms with E-state index in [2.05, 4.69) is 36.1 Å². The molecule has 4 heteroatoms. The number of hydrogen-bond donors (Lipinski definition) is 1. The summed E-state index contributed by atoms with van der Waals surface area (Å²) in [6, 6.07) is 1.82. The van der Waals surface area contributed by atoms with Crippen molar-refractivity contribution in [1.82, 2.24) is 9.97 Å². The van der Waals surface area contributed by atoms with Gasteiger partial charge in [0.2, 0.25) is 0 Å². The molecule has 1 aliphatic carbocycles. The molecule has 20 heavy (non-hydrogen) atoms. The minimum Gasteiger partial charge on any atom is -0.370 e. The van der Waals surface area contributed by atoms with Crippen LogP contribution in [-0.4, -0.2) is 16.5 Å². The largest absolute Gasteiger partial charge is 0.370 e. The van der Waals surface area contributed by atoms with Gasteiger partial charge in [0.1, 0.15) is 16.8 Å². The number of rotatable bonds is 5. The molecule has 2 atom stereocenters. The summed E-state index contributed by atoms with van der Waals surface area (Å²) < 4.78 is 0. The Balaban J connectivity index is 1.84. The number of nitrogens with one attached hydrogen (secondary N) is 1. The van der Waals surface area contributed by atoms with Crippen molar-refractivity contribution in [3.05, 3.63) is 17.0 Å². The second kappa shape index (κ2) is 7.26. The van der Waals surface area contributed by atoms with Crippen molar-refractivity contribution in [1.29, 1.82) is 0 Å². The predicted octanol–water partition coefficient (Wildman–Crippen LogP) is 4.88. The lowest BCUT2D eigenvalue weighted by atomic mass is 9.81. The molecule has 1 heterocycles. The van der Waals surface area contributed by atoms with Crippen molar-refractivity contribution in [2.75, 3.05) is 11.9 Å². The Bertz CT molecular complexity index is 434. The van der Waals surface area contributed by atoms with E-state index >= 15 is 0 Å². The van der Waals surface area contributed by atoms with Crippen molar-refractivity contribution in [2.24, 2.45) is 11.8 Å². The van der Waals surface area contributed by atoms with Gasteiger partial charge in [0.25, 0.3) is 0 Å². The third kappa shape index (κ3) is 4.62. The van der Waals surface area contributed by atoms with Crippen LogP contribution in [0.25, 0.3) is 0 Å². The van der Waals surface area contributed by atoms with Gasteiger partial charge in [-0.25, -0.2) is 9.97 Å². The predicted molar refractivity (Wildman–Crippen MR) is 85.4 cm³/mol. The highest BCUT2D eigenvalue weighted by atomic mass is 35.5. The Labute approximate surface area is 127 Å². The second-order valence-electron chi connectivity index (χ2n) is 6.44. The van der Waals surface area contributed by atoms with Gasteiger partial charge in [-0.2, -0.15) is 0 Å². The van der Waals surface area contributed by atoms with Crippen LogP contribution in [0.3, 0.4) is 0 Å². The van der Waals surface area contributed by atoms with E-state index in [0.717, 1.165) is 30.0 Å². The zero-order valence-corrected chi connectivity index (χ0v) is 13.6. The van der Waals surface area contributed by atoms with Crippen LogP contribution in [0.15, 0.2) is 6.07 Å². The maximum Gasteiger partial charge on any atom is 0.135 e. The molecule has 0 amide bonds. The monoisotopic (exact) mass is 295 g/mol. The Kier molecular flexibility index (Phi) is 5.64. The van der Waals surface area contributed by atoms with Crippen LogP contribution in [0.2, 0.25) is 5.15 Å². The highest BCUT2D eigenvalue weighted by molar-refractivity contribution is 6.29. The average molecular weight is 296 g/mol. The van der Waals surface area contributed by atoms with Gasteiger partial charge in [-0.15, -0.1) is 0 Å². The quantitative estimate of drug-likeness (QED) is 0.787. The van der Waals surface area contributed by atoms with E-state index in [1.807, 2.05) is 6.07 Å². The molecule has 3 nitrogen and oxygen atoms in total. The molecule has 0 spiro atoms. The Morgan fingerprint density at radius 2 is 2.15 bits per heavy atom. The minimum atomic E-state index is 0.299. The van der Waals surface area contributed by atoms with Gasteiger partial charge in [0.15, 0.2) is 0 Å². The molecule has 1 aromatic rings. The van der Waals surface area contributed by atoms with E-state index < -0.39 is 0 Å². The molecular weight excluding hydrogens is 270 g/mol. The zero-order chi connectivity index (χ0) is 14.5. The lowest BCUT2D eigenvalue weighted by Gasteiger charge is -2.26. The number of hydrogen-bond acceptors (Lipinski definition) is 3. The highest BCUT2D eigenvalue weighted by Crippen LogP contribution is 2.30. The summed E-state index contributed by atoms with van der Waals surface area (Å²) in [7, 11) is 0. The summed E-state index contributed by atoms with van der Waals surface area (Å²) in [5, 5.41) is 3.93. The van der Waals surface area contributed by atoms with Crippen molar-refractivity contribution in [3.63, 3.8) is 0 Å². The first-order valence-corrected chi connectivity index (χ1v) is 8.20. The van der Waals surface area contributed by atoms with Crippen LogP contribution < -0.4 is 5.32 Å². The van der Waals surface area contributed by atoms with Gasteiger partial charge >= 0.3 is 0 Å². The highest BCUT2D eigenvalue weighted by Gasteiger charge is 2.18. The minimum absolute atomic E-state index is 0.299. The van der Waals surface area contributed by atoms with Crippen LogP contribution in [0.4, 0.5) is 5.82 Å². The first kappa shape index (κ1) is 15.6. The standard InChI is InChI=1S/C16H26ClN3/c1-11(2)16-19-14(17)10-15(20-16)18-8-7-13-6-4-5-12(3)9-13/h10-13H,4-9H2,1-3H3,(H,18,19,20). The van der Waals surface area contributed by atoms with E-state index in [9.17, 15) is 0 Å². The fourth-order valence-corrected chi connectivity index (χ4v) is 3.20. The van der Waals surface area contributed by atoms with E-state index in [1.165, 1.54) is 32.1 Å². The Morgan fingerprint density at radius 3 is 2.85 bits per heavy atom. The summed E-state index contributed by atoms with van der Waals surface area (Å²) in [4.78, 5) is 8.78. The average Bonchev–Trinajstić information content (AvgIpc) is 2.38. The fourth-order valence-electron chi connectivity index (χ4n) is 3.01. The summed E-state index contributed by atoms with van der Waals surface area (Å²) in [5.74, 6) is 3.74. The van der Waals surface area contributed by atoms with E-state index in [-0.39, 0.29) is 0 Å². The molecule has 0 aliphatic heterocycles. The first-order valence-electron chi connectivity index (χ1n) is 7.83. The number of aromatic nitrogens is 2. The third-order valence-electron chi connectivity index (χ3n) is 4.13. The van der Waals surface area contributed by atoms with Crippen molar-refractivity contribution < 1.29 is 0 Å². The summed E-state index contributed by atoms with van der Waals surface area (Å²) in [6.07, 6.45) is 6.78.